The average molecular weight is 315 g/mol. The van der Waals surface area contributed by atoms with Crippen molar-refractivity contribution < 1.29 is 9.59 Å². The molecule has 2 heterocycles. The lowest BCUT2D eigenvalue weighted by Gasteiger charge is -2.34. The van der Waals surface area contributed by atoms with Gasteiger partial charge in [0.1, 0.15) is 0 Å². The number of nitrogens with zero attached hydrogens (tertiary/aromatic N) is 2. The average Bonchev–Trinajstić information content (AvgIpc) is 2.97. The van der Waals surface area contributed by atoms with Crippen molar-refractivity contribution in [3.8, 4) is 0 Å². The van der Waals surface area contributed by atoms with E-state index in [1.165, 1.54) is 0 Å². The summed E-state index contributed by atoms with van der Waals surface area (Å²) in [6.07, 6.45) is 2.93. The third-order valence-corrected chi connectivity index (χ3v) is 5.09. The first-order valence-corrected chi connectivity index (χ1v) is 8.43. The summed E-state index contributed by atoms with van der Waals surface area (Å²) in [5.41, 5.74) is 8.77. The summed E-state index contributed by atoms with van der Waals surface area (Å²) >= 11 is 0. The van der Waals surface area contributed by atoms with Crippen LogP contribution in [-0.2, 0) is 11.2 Å². The zero-order valence-corrected chi connectivity index (χ0v) is 13.9. The van der Waals surface area contributed by atoms with E-state index < -0.39 is 0 Å². The maximum Gasteiger partial charge on any atom is 0.253 e. The Hall–Kier alpha value is -1.88. The molecule has 1 saturated heterocycles. The lowest BCUT2D eigenvalue weighted by molar-refractivity contribution is -0.116. The van der Waals surface area contributed by atoms with E-state index in [0.29, 0.717) is 12.5 Å². The molecule has 124 valence electrons. The Balaban J connectivity index is 1.77. The van der Waals surface area contributed by atoms with Crippen molar-refractivity contribution in [2.75, 3.05) is 24.5 Å². The van der Waals surface area contributed by atoms with Gasteiger partial charge in [0.05, 0.1) is 0 Å². The van der Waals surface area contributed by atoms with Gasteiger partial charge in [0.2, 0.25) is 5.91 Å². The van der Waals surface area contributed by atoms with Gasteiger partial charge in [-0.3, -0.25) is 9.59 Å². The molecular weight excluding hydrogens is 290 g/mol. The molecule has 1 aromatic carbocycles. The Morgan fingerprint density at radius 2 is 2.09 bits per heavy atom. The zero-order valence-electron chi connectivity index (χ0n) is 13.9. The van der Waals surface area contributed by atoms with Gasteiger partial charge in [-0.15, -0.1) is 0 Å². The first kappa shape index (κ1) is 16.0. The molecule has 5 nitrogen and oxygen atoms in total. The molecule has 2 amide bonds. The first-order chi connectivity index (χ1) is 11.0. The number of fused-ring (bicyclic) bond motifs is 1. The van der Waals surface area contributed by atoms with Crippen LogP contribution in [0, 0.1) is 5.92 Å². The van der Waals surface area contributed by atoms with E-state index in [2.05, 4.69) is 0 Å². The molecule has 2 atom stereocenters. The minimum atomic E-state index is 0.0543. The molecule has 3 rings (SSSR count). The number of benzene rings is 1. The van der Waals surface area contributed by atoms with Crippen molar-refractivity contribution in [2.45, 2.75) is 39.2 Å². The largest absolute Gasteiger partial charge is 0.338 e. The normalized spacial score (nSPS) is 22.0. The second-order valence-corrected chi connectivity index (χ2v) is 6.78. The van der Waals surface area contributed by atoms with Gasteiger partial charge in [0.25, 0.3) is 5.91 Å². The Kier molecular flexibility index (Phi) is 4.39. The topological polar surface area (TPSA) is 66.6 Å². The minimum Gasteiger partial charge on any atom is -0.338 e. The van der Waals surface area contributed by atoms with Gasteiger partial charge in [-0.1, -0.05) is 0 Å². The molecule has 0 aliphatic carbocycles. The van der Waals surface area contributed by atoms with Crippen LogP contribution in [0.5, 0.6) is 0 Å². The summed E-state index contributed by atoms with van der Waals surface area (Å²) in [6.45, 7) is 5.85. The summed E-state index contributed by atoms with van der Waals surface area (Å²) in [4.78, 5) is 28.1. The molecule has 2 aliphatic heterocycles. The Morgan fingerprint density at radius 1 is 1.30 bits per heavy atom. The van der Waals surface area contributed by atoms with E-state index in [1.54, 1.807) is 11.8 Å². The molecular formula is C18H25N3O2. The summed E-state index contributed by atoms with van der Waals surface area (Å²) in [6, 6.07) is 5.83. The third-order valence-electron chi connectivity index (χ3n) is 5.09. The molecule has 0 saturated carbocycles. The molecule has 1 fully saturated rings. The number of hydrogen-bond donors (Lipinski definition) is 1. The van der Waals surface area contributed by atoms with E-state index in [1.807, 2.05) is 30.0 Å². The van der Waals surface area contributed by atoms with E-state index in [-0.39, 0.29) is 17.9 Å². The van der Waals surface area contributed by atoms with Crippen LogP contribution in [0.15, 0.2) is 18.2 Å². The second kappa shape index (κ2) is 6.32. The molecule has 0 spiro atoms. The van der Waals surface area contributed by atoms with Crippen molar-refractivity contribution in [3.63, 3.8) is 0 Å². The predicted octanol–water partition coefficient (Wildman–Crippen LogP) is 1.79. The van der Waals surface area contributed by atoms with Crippen LogP contribution in [0.3, 0.4) is 0 Å². The first-order valence-electron chi connectivity index (χ1n) is 8.43. The highest BCUT2D eigenvalue weighted by atomic mass is 16.2. The van der Waals surface area contributed by atoms with E-state index in [0.717, 1.165) is 49.2 Å². The van der Waals surface area contributed by atoms with Crippen LogP contribution in [0.4, 0.5) is 5.69 Å². The molecule has 0 bridgehead atoms. The Bertz CT molecular complexity index is 627. The predicted molar refractivity (Wildman–Crippen MR) is 90.4 cm³/mol. The van der Waals surface area contributed by atoms with Gasteiger partial charge >= 0.3 is 0 Å². The maximum atomic E-state index is 12.8. The maximum absolute atomic E-state index is 12.8. The minimum absolute atomic E-state index is 0.0543. The molecule has 2 aliphatic rings. The van der Waals surface area contributed by atoms with E-state index in [4.69, 9.17) is 5.73 Å². The van der Waals surface area contributed by atoms with Gasteiger partial charge in [0, 0.05) is 43.9 Å². The fraction of sp³-hybridized carbons (Fsp3) is 0.556. The molecule has 0 aromatic heterocycles. The SMILES string of the molecule is CC(=O)N1CCc2cc(C(=O)N3CCCC(C(C)N)C3)ccc21. The van der Waals surface area contributed by atoms with Crippen molar-refractivity contribution in [2.24, 2.45) is 11.7 Å². The van der Waals surface area contributed by atoms with Gasteiger partial charge in [0.15, 0.2) is 0 Å². The molecule has 2 N–H and O–H groups in total. The lowest BCUT2D eigenvalue weighted by atomic mass is 9.91. The number of rotatable bonds is 2. The van der Waals surface area contributed by atoms with Gasteiger partial charge in [-0.05, 0) is 55.9 Å². The second-order valence-electron chi connectivity index (χ2n) is 6.78. The molecule has 5 heteroatoms. The smallest absolute Gasteiger partial charge is 0.253 e. The van der Waals surface area contributed by atoms with E-state index in [9.17, 15) is 9.59 Å². The number of likely N-dealkylation sites (tertiary alicyclic amines) is 1. The van der Waals surface area contributed by atoms with Crippen LogP contribution >= 0.6 is 0 Å². The molecule has 2 unspecified atom stereocenters. The fourth-order valence-electron chi connectivity index (χ4n) is 3.67. The van der Waals surface area contributed by atoms with Crippen LogP contribution in [-0.4, -0.2) is 42.4 Å². The summed E-state index contributed by atoms with van der Waals surface area (Å²) in [7, 11) is 0. The van der Waals surface area contributed by atoms with Crippen LogP contribution in [0.2, 0.25) is 0 Å². The quantitative estimate of drug-likeness (QED) is 0.905. The summed E-state index contributed by atoms with van der Waals surface area (Å²) in [5, 5.41) is 0. The van der Waals surface area contributed by atoms with Crippen LogP contribution < -0.4 is 10.6 Å². The third kappa shape index (κ3) is 3.11. The zero-order chi connectivity index (χ0) is 16.6. The number of carbonyl (C=O) groups is 2. The highest BCUT2D eigenvalue weighted by Crippen LogP contribution is 2.30. The molecule has 1 aromatic rings. The number of carbonyl (C=O) groups excluding carboxylic acids is 2. The molecule has 0 radical (unpaired) electrons. The molecule has 23 heavy (non-hydrogen) atoms. The Morgan fingerprint density at radius 3 is 2.78 bits per heavy atom. The van der Waals surface area contributed by atoms with Gasteiger partial charge in [-0.25, -0.2) is 0 Å². The van der Waals surface area contributed by atoms with Crippen LogP contribution in [0.1, 0.15) is 42.6 Å². The number of amides is 2. The number of hydrogen-bond acceptors (Lipinski definition) is 3. The monoisotopic (exact) mass is 315 g/mol. The summed E-state index contributed by atoms with van der Waals surface area (Å²) in [5.74, 6) is 0.522. The standard InChI is InChI=1S/C18H25N3O2/c1-12(19)16-4-3-8-20(11-16)18(23)15-5-6-17-14(10-15)7-9-21(17)13(2)22/h5-6,10,12,16H,3-4,7-9,11,19H2,1-2H3. The van der Waals surface area contributed by atoms with Crippen molar-refractivity contribution in [3.05, 3.63) is 29.3 Å². The summed E-state index contributed by atoms with van der Waals surface area (Å²) < 4.78 is 0. The van der Waals surface area contributed by atoms with Crippen molar-refractivity contribution in [1.29, 1.82) is 0 Å². The fourth-order valence-corrected chi connectivity index (χ4v) is 3.67. The highest BCUT2D eigenvalue weighted by Gasteiger charge is 2.28. The van der Waals surface area contributed by atoms with Crippen molar-refractivity contribution >= 4 is 17.5 Å². The van der Waals surface area contributed by atoms with Crippen LogP contribution in [0.25, 0.3) is 0 Å². The highest BCUT2D eigenvalue weighted by molar-refractivity contribution is 5.97. The number of anilines is 1. The number of nitrogens with two attached hydrogens (primary N) is 1. The van der Waals surface area contributed by atoms with Gasteiger partial charge in [-0.2, -0.15) is 0 Å². The van der Waals surface area contributed by atoms with E-state index >= 15 is 0 Å². The van der Waals surface area contributed by atoms with Crippen molar-refractivity contribution in [1.82, 2.24) is 4.90 Å². The Labute approximate surface area is 137 Å². The number of piperidine rings is 1. The lowest BCUT2D eigenvalue weighted by Crippen LogP contribution is -2.45. The van der Waals surface area contributed by atoms with Gasteiger partial charge < -0.3 is 15.5 Å².